The highest BCUT2D eigenvalue weighted by Gasteiger charge is 2.18. The first kappa shape index (κ1) is 16.0. The maximum absolute atomic E-state index is 12.8. The van der Waals surface area contributed by atoms with E-state index in [-0.39, 0.29) is 16.9 Å². The minimum absolute atomic E-state index is 0.208. The number of aryl methyl sites for hydroxylation is 1. The van der Waals surface area contributed by atoms with Crippen molar-refractivity contribution >= 4 is 16.8 Å². The van der Waals surface area contributed by atoms with Crippen molar-refractivity contribution in [1.29, 1.82) is 0 Å². The van der Waals surface area contributed by atoms with Crippen LogP contribution in [0.5, 0.6) is 0 Å². The number of benzene rings is 2. The predicted octanol–water partition coefficient (Wildman–Crippen LogP) is 3.29. The summed E-state index contributed by atoms with van der Waals surface area (Å²) in [6.07, 6.45) is 1.68. The molecule has 1 aromatic heterocycles. The summed E-state index contributed by atoms with van der Waals surface area (Å²) < 4.78 is 1.94. The molecule has 1 heterocycles. The van der Waals surface area contributed by atoms with E-state index < -0.39 is 0 Å². The van der Waals surface area contributed by atoms with E-state index in [0.717, 1.165) is 11.1 Å². The van der Waals surface area contributed by atoms with Gasteiger partial charge in [0.05, 0.1) is 5.52 Å². The Morgan fingerprint density at radius 1 is 1.04 bits per heavy atom. The van der Waals surface area contributed by atoms with Crippen LogP contribution in [-0.4, -0.2) is 22.4 Å². The molecule has 24 heavy (non-hydrogen) atoms. The lowest BCUT2D eigenvalue weighted by Gasteiger charge is -2.18. The number of fused-ring (bicyclic) bond motifs is 1. The van der Waals surface area contributed by atoms with Crippen LogP contribution >= 0.6 is 0 Å². The lowest BCUT2D eigenvalue weighted by Crippen LogP contribution is -2.31. The summed E-state index contributed by atoms with van der Waals surface area (Å²) in [6, 6.07) is 17.2. The van der Waals surface area contributed by atoms with Gasteiger partial charge in [0, 0.05) is 31.7 Å². The lowest BCUT2D eigenvalue weighted by molar-refractivity contribution is 0.0783. The van der Waals surface area contributed by atoms with Gasteiger partial charge in [0.15, 0.2) is 0 Å². The summed E-state index contributed by atoms with van der Waals surface area (Å²) in [6.45, 7) is 3.17. The second-order valence-corrected chi connectivity index (χ2v) is 5.82. The van der Waals surface area contributed by atoms with E-state index in [2.05, 4.69) is 0 Å². The van der Waals surface area contributed by atoms with E-state index in [9.17, 15) is 9.59 Å². The third-order valence-electron chi connectivity index (χ3n) is 4.17. The van der Waals surface area contributed by atoms with Crippen LogP contribution in [0.2, 0.25) is 0 Å². The van der Waals surface area contributed by atoms with Gasteiger partial charge in [-0.1, -0.05) is 42.5 Å². The van der Waals surface area contributed by atoms with Crippen LogP contribution < -0.4 is 5.43 Å². The van der Waals surface area contributed by atoms with Gasteiger partial charge in [-0.25, -0.2) is 0 Å². The fourth-order valence-corrected chi connectivity index (χ4v) is 2.89. The third kappa shape index (κ3) is 2.95. The molecule has 2 aromatic carbocycles. The molecular weight excluding hydrogens is 300 g/mol. The van der Waals surface area contributed by atoms with E-state index in [1.54, 1.807) is 24.2 Å². The van der Waals surface area contributed by atoms with Crippen molar-refractivity contribution in [3.63, 3.8) is 0 Å². The zero-order valence-corrected chi connectivity index (χ0v) is 13.9. The molecule has 0 aliphatic heterocycles. The fraction of sp³-hybridized carbons (Fsp3) is 0.200. The molecule has 122 valence electrons. The Hall–Kier alpha value is -2.88. The first-order valence-electron chi connectivity index (χ1n) is 8.03. The molecule has 0 aliphatic carbocycles. The highest BCUT2D eigenvalue weighted by Crippen LogP contribution is 2.13. The number of rotatable bonds is 4. The molecule has 0 bridgehead atoms. The Morgan fingerprint density at radius 3 is 2.42 bits per heavy atom. The van der Waals surface area contributed by atoms with E-state index in [1.165, 1.54) is 0 Å². The zero-order chi connectivity index (χ0) is 17.1. The number of carbonyl (C=O) groups excluding carboxylic acids is 1. The van der Waals surface area contributed by atoms with Gasteiger partial charge in [-0.15, -0.1) is 0 Å². The Bertz CT molecular complexity index is 929. The summed E-state index contributed by atoms with van der Waals surface area (Å²) in [7, 11) is 1.72. The number of pyridine rings is 1. The van der Waals surface area contributed by atoms with E-state index in [4.69, 9.17) is 0 Å². The molecule has 0 radical (unpaired) electrons. The summed E-state index contributed by atoms with van der Waals surface area (Å²) in [4.78, 5) is 27.1. The maximum atomic E-state index is 12.8. The number of amides is 1. The summed E-state index contributed by atoms with van der Waals surface area (Å²) in [5, 5.41) is 0.582. The van der Waals surface area contributed by atoms with Crippen molar-refractivity contribution in [3.8, 4) is 0 Å². The Morgan fingerprint density at radius 2 is 1.71 bits per heavy atom. The molecule has 0 atom stereocenters. The van der Waals surface area contributed by atoms with Crippen LogP contribution in [0.3, 0.4) is 0 Å². The Labute approximate surface area is 141 Å². The largest absolute Gasteiger partial charge is 0.347 e. The minimum Gasteiger partial charge on any atom is -0.347 e. The number of hydrogen-bond donors (Lipinski definition) is 0. The van der Waals surface area contributed by atoms with Gasteiger partial charge in [0.25, 0.3) is 5.91 Å². The third-order valence-corrected chi connectivity index (χ3v) is 4.17. The number of hydrogen-bond acceptors (Lipinski definition) is 2. The van der Waals surface area contributed by atoms with Crippen molar-refractivity contribution in [2.24, 2.45) is 0 Å². The van der Waals surface area contributed by atoms with E-state index in [1.807, 2.05) is 60.0 Å². The smallest absolute Gasteiger partial charge is 0.259 e. The highest BCUT2D eigenvalue weighted by molar-refractivity contribution is 5.97. The molecule has 0 saturated carbocycles. The molecule has 3 aromatic rings. The molecule has 3 rings (SSSR count). The quantitative estimate of drug-likeness (QED) is 0.740. The first-order valence-corrected chi connectivity index (χ1v) is 8.03. The van der Waals surface area contributed by atoms with Gasteiger partial charge in [-0.05, 0) is 24.6 Å². The van der Waals surface area contributed by atoms with Crippen LogP contribution in [0, 0.1) is 0 Å². The molecule has 4 heteroatoms. The molecule has 0 unspecified atom stereocenters. The number of nitrogens with zero attached hydrogens (tertiary/aromatic N) is 2. The second-order valence-electron chi connectivity index (χ2n) is 5.82. The van der Waals surface area contributed by atoms with Crippen LogP contribution in [0.1, 0.15) is 22.8 Å². The molecular formula is C20H20N2O2. The average molecular weight is 320 g/mol. The lowest BCUT2D eigenvalue weighted by atomic mass is 10.1. The zero-order valence-electron chi connectivity index (χ0n) is 13.9. The average Bonchev–Trinajstić information content (AvgIpc) is 2.62. The minimum atomic E-state index is -0.253. The van der Waals surface area contributed by atoms with Crippen LogP contribution in [0.25, 0.3) is 10.9 Å². The van der Waals surface area contributed by atoms with Crippen LogP contribution in [-0.2, 0) is 13.1 Å². The molecule has 0 spiro atoms. The highest BCUT2D eigenvalue weighted by atomic mass is 16.2. The maximum Gasteiger partial charge on any atom is 0.259 e. The molecule has 0 N–H and O–H groups in total. The Kier molecular flexibility index (Phi) is 4.47. The van der Waals surface area contributed by atoms with Crippen molar-refractivity contribution in [3.05, 3.63) is 82.1 Å². The molecule has 0 fully saturated rings. The van der Waals surface area contributed by atoms with E-state index >= 15 is 0 Å². The summed E-state index contributed by atoms with van der Waals surface area (Å²) >= 11 is 0. The molecule has 1 amide bonds. The normalized spacial score (nSPS) is 10.8. The number of para-hydroxylation sites is 1. The standard InChI is InChI=1S/C20H20N2O2/c1-3-22-14-17(19(23)16-11-7-8-12-18(16)22)20(24)21(2)13-15-9-5-4-6-10-15/h4-12,14H,3,13H2,1-2H3. The Balaban J connectivity index is 2.00. The summed E-state index contributed by atoms with van der Waals surface area (Å²) in [5.41, 5.74) is 1.89. The molecule has 0 saturated heterocycles. The van der Waals surface area contributed by atoms with Gasteiger partial charge < -0.3 is 9.47 Å². The van der Waals surface area contributed by atoms with Gasteiger partial charge in [0.1, 0.15) is 5.56 Å². The van der Waals surface area contributed by atoms with Crippen LogP contribution in [0.4, 0.5) is 0 Å². The van der Waals surface area contributed by atoms with Gasteiger partial charge in [0.2, 0.25) is 5.43 Å². The van der Waals surface area contributed by atoms with Crippen molar-refractivity contribution in [1.82, 2.24) is 9.47 Å². The SMILES string of the molecule is CCn1cc(C(=O)N(C)Cc2ccccc2)c(=O)c2ccccc21. The molecule has 0 aliphatic rings. The van der Waals surface area contributed by atoms with Crippen LogP contribution in [0.15, 0.2) is 65.6 Å². The second kappa shape index (κ2) is 6.71. The fourth-order valence-electron chi connectivity index (χ4n) is 2.89. The number of aromatic nitrogens is 1. The summed E-state index contributed by atoms with van der Waals surface area (Å²) in [5.74, 6) is -0.253. The van der Waals surface area contributed by atoms with Gasteiger partial charge in [-0.3, -0.25) is 9.59 Å². The first-order chi connectivity index (χ1) is 11.6. The van der Waals surface area contributed by atoms with Crippen molar-refractivity contribution < 1.29 is 4.79 Å². The van der Waals surface area contributed by atoms with Gasteiger partial charge in [-0.2, -0.15) is 0 Å². The number of carbonyl (C=O) groups is 1. The molecule has 4 nitrogen and oxygen atoms in total. The predicted molar refractivity (Wildman–Crippen MR) is 96.1 cm³/mol. The van der Waals surface area contributed by atoms with Crippen molar-refractivity contribution in [2.75, 3.05) is 7.05 Å². The monoisotopic (exact) mass is 320 g/mol. The van der Waals surface area contributed by atoms with Gasteiger partial charge >= 0.3 is 0 Å². The topological polar surface area (TPSA) is 42.3 Å². The van der Waals surface area contributed by atoms with E-state index in [0.29, 0.717) is 18.5 Å². The van der Waals surface area contributed by atoms with Crippen molar-refractivity contribution in [2.45, 2.75) is 20.0 Å².